The molecule has 3 nitrogen and oxygen atoms in total. The summed E-state index contributed by atoms with van der Waals surface area (Å²) in [5.41, 5.74) is 1.27. The molecule has 0 aliphatic heterocycles. The van der Waals surface area contributed by atoms with Crippen molar-refractivity contribution < 1.29 is 4.39 Å². The Morgan fingerprint density at radius 3 is 2.71 bits per heavy atom. The molecule has 0 saturated heterocycles. The third kappa shape index (κ3) is 4.14. The molecule has 0 aliphatic carbocycles. The number of aryl methyl sites for hydroxylation is 1. The molecule has 0 heterocycles. The molecule has 0 amide bonds. The molecular weight excluding hydrogens is 217 g/mol. The fourth-order valence-electron chi connectivity index (χ4n) is 1.46. The van der Waals surface area contributed by atoms with Crippen LogP contribution in [0.3, 0.4) is 0 Å². The molecule has 1 unspecified atom stereocenters. The van der Waals surface area contributed by atoms with Crippen LogP contribution in [0.25, 0.3) is 0 Å². The van der Waals surface area contributed by atoms with Gasteiger partial charge in [-0.05, 0) is 38.2 Å². The van der Waals surface area contributed by atoms with E-state index in [0.717, 1.165) is 6.54 Å². The predicted molar refractivity (Wildman–Crippen MR) is 66.0 cm³/mol. The molecule has 1 N–H and O–H groups in total. The molecule has 0 bridgehead atoms. The third-order valence-electron chi connectivity index (χ3n) is 2.57. The van der Waals surface area contributed by atoms with Gasteiger partial charge in [0.2, 0.25) is 0 Å². The first kappa shape index (κ1) is 13.6. The zero-order valence-electron chi connectivity index (χ0n) is 10.5. The largest absolute Gasteiger partial charge is 0.308 e. The minimum absolute atomic E-state index is 0.267. The molecule has 4 heteroatoms. The van der Waals surface area contributed by atoms with Gasteiger partial charge >= 0.3 is 0 Å². The van der Waals surface area contributed by atoms with E-state index in [0.29, 0.717) is 17.7 Å². The zero-order valence-corrected chi connectivity index (χ0v) is 10.5. The Morgan fingerprint density at radius 2 is 2.18 bits per heavy atom. The molecule has 0 radical (unpaired) electrons. The minimum atomic E-state index is -0.454. The van der Waals surface area contributed by atoms with Crippen molar-refractivity contribution in [3.8, 4) is 6.07 Å². The van der Waals surface area contributed by atoms with Crippen molar-refractivity contribution in [3.05, 3.63) is 35.1 Å². The van der Waals surface area contributed by atoms with Crippen LogP contribution in [0.5, 0.6) is 0 Å². The van der Waals surface area contributed by atoms with Gasteiger partial charge in [0, 0.05) is 13.1 Å². The highest BCUT2D eigenvalue weighted by Gasteiger charge is 2.11. The standard InChI is InChI=1S/C13H18FN3/c1-10-4-5-11(8-12(10)14)13(9-15)16-6-7-17(2)3/h4-5,8,13,16H,6-7H2,1-3H3. The molecule has 0 aromatic heterocycles. The number of nitrogens with one attached hydrogen (secondary N) is 1. The van der Waals surface area contributed by atoms with Gasteiger partial charge in [0.05, 0.1) is 6.07 Å². The Bertz CT molecular complexity index is 410. The first-order valence-corrected chi connectivity index (χ1v) is 5.58. The second kappa shape index (κ2) is 6.33. The van der Waals surface area contributed by atoms with E-state index in [4.69, 9.17) is 5.26 Å². The molecule has 17 heavy (non-hydrogen) atoms. The summed E-state index contributed by atoms with van der Waals surface area (Å²) in [4.78, 5) is 2.02. The highest BCUT2D eigenvalue weighted by molar-refractivity contribution is 5.28. The molecule has 0 fully saturated rings. The van der Waals surface area contributed by atoms with Crippen molar-refractivity contribution in [2.75, 3.05) is 27.2 Å². The third-order valence-corrected chi connectivity index (χ3v) is 2.57. The summed E-state index contributed by atoms with van der Waals surface area (Å²) in [6.45, 7) is 3.24. The highest BCUT2D eigenvalue weighted by Crippen LogP contribution is 2.15. The van der Waals surface area contributed by atoms with Crippen LogP contribution in [0.2, 0.25) is 0 Å². The van der Waals surface area contributed by atoms with Crippen LogP contribution in [0.4, 0.5) is 4.39 Å². The van der Waals surface area contributed by atoms with Crippen LogP contribution in [-0.2, 0) is 0 Å². The molecule has 0 spiro atoms. The Balaban J connectivity index is 2.67. The topological polar surface area (TPSA) is 39.1 Å². The van der Waals surface area contributed by atoms with E-state index in [1.807, 2.05) is 19.0 Å². The highest BCUT2D eigenvalue weighted by atomic mass is 19.1. The van der Waals surface area contributed by atoms with Gasteiger partial charge in [-0.1, -0.05) is 12.1 Å². The van der Waals surface area contributed by atoms with Crippen LogP contribution in [0, 0.1) is 24.1 Å². The summed E-state index contributed by atoms with van der Waals surface area (Å²) in [5, 5.41) is 12.2. The van der Waals surface area contributed by atoms with Gasteiger partial charge in [-0.3, -0.25) is 5.32 Å². The molecule has 1 aromatic carbocycles. The normalized spacial score (nSPS) is 12.5. The van der Waals surface area contributed by atoms with E-state index in [-0.39, 0.29) is 5.82 Å². The van der Waals surface area contributed by atoms with E-state index in [1.165, 1.54) is 6.07 Å². The number of nitriles is 1. The smallest absolute Gasteiger partial charge is 0.126 e. The lowest BCUT2D eigenvalue weighted by atomic mass is 10.1. The summed E-state index contributed by atoms with van der Waals surface area (Å²) >= 11 is 0. The maximum atomic E-state index is 13.4. The number of hydrogen-bond acceptors (Lipinski definition) is 3. The molecular formula is C13H18FN3. The van der Waals surface area contributed by atoms with Gasteiger partial charge < -0.3 is 4.90 Å². The van der Waals surface area contributed by atoms with Crippen molar-refractivity contribution in [3.63, 3.8) is 0 Å². The number of rotatable bonds is 5. The van der Waals surface area contributed by atoms with Crippen molar-refractivity contribution >= 4 is 0 Å². The van der Waals surface area contributed by atoms with Crippen molar-refractivity contribution in [2.45, 2.75) is 13.0 Å². The monoisotopic (exact) mass is 235 g/mol. The fourth-order valence-corrected chi connectivity index (χ4v) is 1.46. The van der Waals surface area contributed by atoms with Gasteiger partial charge in [0.15, 0.2) is 0 Å². The lowest BCUT2D eigenvalue weighted by molar-refractivity contribution is 0.395. The minimum Gasteiger partial charge on any atom is -0.308 e. The predicted octanol–water partition coefficient (Wildman–Crippen LogP) is 1.85. The van der Waals surface area contributed by atoms with Crippen LogP contribution in [0.1, 0.15) is 17.2 Å². The summed E-state index contributed by atoms with van der Waals surface area (Å²) in [6.07, 6.45) is 0. The Labute approximate surface area is 102 Å². The van der Waals surface area contributed by atoms with Crippen LogP contribution < -0.4 is 5.32 Å². The quantitative estimate of drug-likeness (QED) is 0.846. The summed E-state index contributed by atoms with van der Waals surface area (Å²) < 4.78 is 13.4. The second-order valence-electron chi connectivity index (χ2n) is 4.33. The van der Waals surface area contributed by atoms with Gasteiger partial charge in [0.25, 0.3) is 0 Å². The van der Waals surface area contributed by atoms with E-state index in [1.54, 1.807) is 19.1 Å². The number of nitrogens with zero attached hydrogens (tertiary/aromatic N) is 2. The van der Waals surface area contributed by atoms with Gasteiger partial charge in [-0.25, -0.2) is 4.39 Å². The molecule has 1 atom stereocenters. The molecule has 1 aromatic rings. The van der Waals surface area contributed by atoms with Crippen molar-refractivity contribution in [1.82, 2.24) is 10.2 Å². The number of benzene rings is 1. The van der Waals surface area contributed by atoms with E-state index >= 15 is 0 Å². The number of hydrogen-bond donors (Lipinski definition) is 1. The fraction of sp³-hybridized carbons (Fsp3) is 0.462. The van der Waals surface area contributed by atoms with Gasteiger partial charge in [-0.15, -0.1) is 0 Å². The van der Waals surface area contributed by atoms with Gasteiger partial charge in [0.1, 0.15) is 11.9 Å². The van der Waals surface area contributed by atoms with E-state index in [9.17, 15) is 4.39 Å². The molecule has 0 aliphatic rings. The van der Waals surface area contributed by atoms with Crippen LogP contribution in [-0.4, -0.2) is 32.1 Å². The van der Waals surface area contributed by atoms with E-state index in [2.05, 4.69) is 11.4 Å². The summed E-state index contributed by atoms with van der Waals surface area (Å²) in [5.74, 6) is -0.267. The zero-order chi connectivity index (χ0) is 12.8. The summed E-state index contributed by atoms with van der Waals surface area (Å²) in [6, 6.07) is 6.60. The van der Waals surface area contributed by atoms with Gasteiger partial charge in [-0.2, -0.15) is 5.26 Å². The maximum Gasteiger partial charge on any atom is 0.126 e. The second-order valence-corrected chi connectivity index (χ2v) is 4.33. The Hall–Kier alpha value is -1.44. The number of likely N-dealkylation sites (N-methyl/N-ethyl adjacent to an activating group) is 1. The molecule has 1 rings (SSSR count). The van der Waals surface area contributed by atoms with E-state index < -0.39 is 6.04 Å². The first-order chi connectivity index (χ1) is 8.04. The Morgan fingerprint density at radius 1 is 1.47 bits per heavy atom. The van der Waals surface area contributed by atoms with Crippen LogP contribution in [0.15, 0.2) is 18.2 Å². The average molecular weight is 235 g/mol. The lowest BCUT2D eigenvalue weighted by Crippen LogP contribution is -2.29. The lowest BCUT2D eigenvalue weighted by Gasteiger charge is -2.15. The van der Waals surface area contributed by atoms with Crippen LogP contribution >= 0.6 is 0 Å². The summed E-state index contributed by atoms with van der Waals surface area (Å²) in [7, 11) is 3.93. The maximum absolute atomic E-state index is 13.4. The van der Waals surface area contributed by atoms with Crippen molar-refractivity contribution in [1.29, 1.82) is 5.26 Å². The number of halogens is 1. The molecule has 0 saturated carbocycles. The average Bonchev–Trinajstić information content (AvgIpc) is 2.28. The first-order valence-electron chi connectivity index (χ1n) is 5.58. The SMILES string of the molecule is Cc1ccc(C(C#N)NCCN(C)C)cc1F. The Kier molecular flexibility index (Phi) is 5.08. The molecule has 92 valence electrons. The van der Waals surface area contributed by atoms with Crippen molar-refractivity contribution in [2.24, 2.45) is 0 Å².